The maximum Gasteiger partial charge on any atom is 0.136 e. The standard InChI is InChI=1S/C22H20O/c1-22(2,3)17-10-12-20-19(14-17)18-11-9-16(13-21(18)23-20)15-7-5-4-6-8-15/h4-14H,1-3H3. The van der Waals surface area contributed by atoms with Crippen LogP contribution in [0.4, 0.5) is 0 Å². The molecule has 4 rings (SSSR count). The summed E-state index contributed by atoms with van der Waals surface area (Å²) >= 11 is 0. The lowest BCUT2D eigenvalue weighted by Gasteiger charge is -2.18. The van der Waals surface area contributed by atoms with Gasteiger partial charge < -0.3 is 4.42 Å². The zero-order chi connectivity index (χ0) is 16.0. The van der Waals surface area contributed by atoms with E-state index in [0.29, 0.717) is 0 Å². The van der Waals surface area contributed by atoms with E-state index < -0.39 is 0 Å². The predicted molar refractivity (Wildman–Crippen MR) is 97.9 cm³/mol. The van der Waals surface area contributed by atoms with Crippen molar-refractivity contribution in [3.63, 3.8) is 0 Å². The fourth-order valence-corrected chi connectivity index (χ4v) is 3.05. The first-order valence-electron chi connectivity index (χ1n) is 8.04. The number of hydrogen-bond acceptors (Lipinski definition) is 1. The summed E-state index contributed by atoms with van der Waals surface area (Å²) < 4.78 is 6.08. The molecule has 0 saturated carbocycles. The van der Waals surface area contributed by atoms with Gasteiger partial charge in [-0.15, -0.1) is 0 Å². The molecule has 0 saturated heterocycles. The first kappa shape index (κ1) is 14.1. The van der Waals surface area contributed by atoms with E-state index in [-0.39, 0.29) is 5.41 Å². The smallest absolute Gasteiger partial charge is 0.136 e. The highest BCUT2D eigenvalue weighted by atomic mass is 16.3. The van der Waals surface area contributed by atoms with Crippen LogP contribution in [0.1, 0.15) is 26.3 Å². The van der Waals surface area contributed by atoms with Crippen molar-refractivity contribution < 1.29 is 4.42 Å². The molecule has 114 valence electrons. The highest BCUT2D eigenvalue weighted by molar-refractivity contribution is 6.06. The average Bonchev–Trinajstić information content (AvgIpc) is 2.91. The quantitative estimate of drug-likeness (QED) is 0.388. The highest BCUT2D eigenvalue weighted by Crippen LogP contribution is 2.34. The molecule has 23 heavy (non-hydrogen) atoms. The molecule has 0 amide bonds. The first-order chi connectivity index (χ1) is 11.0. The van der Waals surface area contributed by atoms with Crippen molar-refractivity contribution in [2.24, 2.45) is 0 Å². The Morgan fingerprint density at radius 1 is 0.652 bits per heavy atom. The van der Waals surface area contributed by atoms with Gasteiger partial charge in [0, 0.05) is 10.8 Å². The predicted octanol–water partition coefficient (Wildman–Crippen LogP) is 6.55. The fraction of sp³-hybridized carbons (Fsp3) is 0.182. The molecule has 0 radical (unpaired) electrons. The molecule has 1 heteroatoms. The SMILES string of the molecule is CC(C)(C)c1ccc2oc3cc(-c4ccccc4)ccc3c2c1. The van der Waals surface area contributed by atoms with Gasteiger partial charge in [0.05, 0.1) is 0 Å². The maximum absolute atomic E-state index is 6.08. The van der Waals surface area contributed by atoms with Gasteiger partial charge in [-0.25, -0.2) is 0 Å². The maximum atomic E-state index is 6.08. The van der Waals surface area contributed by atoms with E-state index in [1.54, 1.807) is 0 Å². The number of rotatable bonds is 1. The van der Waals surface area contributed by atoms with Crippen LogP contribution in [0.25, 0.3) is 33.1 Å². The summed E-state index contributed by atoms with van der Waals surface area (Å²) in [6.45, 7) is 6.72. The number of hydrogen-bond donors (Lipinski definition) is 0. The molecule has 1 nitrogen and oxygen atoms in total. The number of furan rings is 1. The first-order valence-corrected chi connectivity index (χ1v) is 8.04. The summed E-state index contributed by atoms with van der Waals surface area (Å²) in [5.74, 6) is 0. The van der Waals surface area contributed by atoms with E-state index in [9.17, 15) is 0 Å². The van der Waals surface area contributed by atoms with Crippen LogP contribution in [0.5, 0.6) is 0 Å². The highest BCUT2D eigenvalue weighted by Gasteiger charge is 2.16. The fourth-order valence-electron chi connectivity index (χ4n) is 3.05. The molecule has 0 aliphatic rings. The third kappa shape index (κ3) is 2.43. The molecular formula is C22H20O. The van der Waals surface area contributed by atoms with Crippen LogP contribution in [0.15, 0.2) is 71.1 Å². The number of fused-ring (bicyclic) bond motifs is 3. The lowest BCUT2D eigenvalue weighted by Crippen LogP contribution is -2.10. The zero-order valence-electron chi connectivity index (χ0n) is 13.8. The van der Waals surface area contributed by atoms with Crippen molar-refractivity contribution in [1.82, 2.24) is 0 Å². The van der Waals surface area contributed by atoms with Crippen molar-refractivity contribution in [3.05, 3.63) is 72.3 Å². The van der Waals surface area contributed by atoms with E-state index >= 15 is 0 Å². The summed E-state index contributed by atoms with van der Waals surface area (Å²) in [7, 11) is 0. The minimum Gasteiger partial charge on any atom is -0.456 e. The molecule has 0 unspecified atom stereocenters. The Balaban J connectivity index is 1.92. The molecule has 1 aromatic heterocycles. The van der Waals surface area contributed by atoms with Gasteiger partial charge in [0.2, 0.25) is 0 Å². The van der Waals surface area contributed by atoms with Crippen molar-refractivity contribution in [2.45, 2.75) is 26.2 Å². The monoisotopic (exact) mass is 300 g/mol. The van der Waals surface area contributed by atoms with Gasteiger partial charge in [0.1, 0.15) is 11.2 Å². The summed E-state index contributed by atoms with van der Waals surface area (Å²) in [6.07, 6.45) is 0. The van der Waals surface area contributed by atoms with Gasteiger partial charge >= 0.3 is 0 Å². The van der Waals surface area contributed by atoms with Gasteiger partial charge in [-0.05, 0) is 46.4 Å². The van der Waals surface area contributed by atoms with Gasteiger partial charge in [-0.3, -0.25) is 0 Å². The zero-order valence-corrected chi connectivity index (χ0v) is 13.8. The Kier molecular flexibility index (Phi) is 3.05. The van der Waals surface area contributed by atoms with Crippen LogP contribution in [0, 0.1) is 0 Å². The van der Waals surface area contributed by atoms with E-state index in [1.807, 2.05) is 6.07 Å². The summed E-state index contributed by atoms with van der Waals surface area (Å²) in [5, 5.41) is 2.39. The molecule has 0 aliphatic carbocycles. The molecule has 3 aromatic carbocycles. The van der Waals surface area contributed by atoms with Gasteiger partial charge in [0.25, 0.3) is 0 Å². The minimum atomic E-state index is 0.141. The van der Waals surface area contributed by atoms with Gasteiger partial charge in [0.15, 0.2) is 0 Å². The lowest BCUT2D eigenvalue weighted by atomic mass is 9.86. The summed E-state index contributed by atoms with van der Waals surface area (Å²) in [5.41, 5.74) is 5.78. The Morgan fingerprint density at radius 2 is 1.43 bits per heavy atom. The third-order valence-corrected chi connectivity index (χ3v) is 4.44. The Morgan fingerprint density at radius 3 is 2.17 bits per heavy atom. The van der Waals surface area contributed by atoms with E-state index in [2.05, 4.69) is 81.4 Å². The Bertz CT molecular complexity index is 985. The molecule has 0 aliphatic heterocycles. The Hall–Kier alpha value is -2.54. The molecule has 0 fully saturated rings. The Labute approximate surface area is 136 Å². The van der Waals surface area contributed by atoms with E-state index in [0.717, 1.165) is 11.2 Å². The second-order valence-corrected chi connectivity index (χ2v) is 7.14. The molecule has 0 spiro atoms. The molecule has 0 atom stereocenters. The van der Waals surface area contributed by atoms with Crippen molar-refractivity contribution in [2.75, 3.05) is 0 Å². The van der Waals surface area contributed by atoms with Crippen molar-refractivity contribution in [1.29, 1.82) is 0 Å². The molecule has 4 aromatic rings. The molecular weight excluding hydrogens is 280 g/mol. The molecule has 1 heterocycles. The van der Waals surface area contributed by atoms with Gasteiger partial charge in [-0.2, -0.15) is 0 Å². The summed E-state index contributed by atoms with van der Waals surface area (Å²) in [4.78, 5) is 0. The molecule has 0 N–H and O–H groups in total. The van der Waals surface area contributed by atoms with Crippen LogP contribution >= 0.6 is 0 Å². The van der Waals surface area contributed by atoms with E-state index in [1.165, 1.54) is 27.5 Å². The van der Waals surface area contributed by atoms with E-state index in [4.69, 9.17) is 4.42 Å². The summed E-state index contributed by atoms with van der Waals surface area (Å²) in [6, 6.07) is 23.4. The average molecular weight is 300 g/mol. The van der Waals surface area contributed by atoms with Crippen molar-refractivity contribution >= 4 is 21.9 Å². The molecule has 0 bridgehead atoms. The van der Waals surface area contributed by atoms with Crippen LogP contribution in [-0.4, -0.2) is 0 Å². The lowest BCUT2D eigenvalue weighted by molar-refractivity contribution is 0.590. The topological polar surface area (TPSA) is 13.1 Å². The normalized spacial score (nSPS) is 12.1. The van der Waals surface area contributed by atoms with Crippen LogP contribution in [0.3, 0.4) is 0 Å². The second-order valence-electron chi connectivity index (χ2n) is 7.14. The van der Waals surface area contributed by atoms with Gasteiger partial charge in [-0.1, -0.05) is 63.2 Å². The largest absolute Gasteiger partial charge is 0.456 e. The van der Waals surface area contributed by atoms with Crippen LogP contribution in [-0.2, 0) is 5.41 Å². The minimum absolute atomic E-state index is 0.141. The van der Waals surface area contributed by atoms with Crippen LogP contribution < -0.4 is 0 Å². The third-order valence-electron chi connectivity index (χ3n) is 4.44. The number of benzene rings is 3. The van der Waals surface area contributed by atoms with Crippen LogP contribution in [0.2, 0.25) is 0 Å². The second kappa shape index (κ2) is 4.99. The van der Waals surface area contributed by atoms with Crippen molar-refractivity contribution in [3.8, 4) is 11.1 Å².